The monoisotopic (exact) mass is 393 g/mol. The van der Waals surface area contributed by atoms with Crippen LogP contribution in [0.1, 0.15) is 19.1 Å². The van der Waals surface area contributed by atoms with Crippen LogP contribution in [0.25, 0.3) is 33.4 Å². The Balaban J connectivity index is 1.90. The van der Waals surface area contributed by atoms with Crippen LogP contribution >= 0.6 is 11.6 Å². The number of nitrogens with zero attached hydrogens (tertiary/aromatic N) is 3. The Morgan fingerprint density at radius 1 is 1.07 bits per heavy atom. The third-order valence-corrected chi connectivity index (χ3v) is 5.30. The van der Waals surface area contributed by atoms with Gasteiger partial charge in [-0.1, -0.05) is 23.7 Å². The molecule has 0 saturated carbocycles. The van der Waals surface area contributed by atoms with Crippen molar-refractivity contribution >= 4 is 22.6 Å². The molecule has 5 rings (SSSR count). The van der Waals surface area contributed by atoms with E-state index in [1.807, 2.05) is 18.2 Å². The van der Waals surface area contributed by atoms with Crippen LogP contribution in [-0.4, -0.2) is 21.1 Å². The predicted octanol–water partition coefficient (Wildman–Crippen LogP) is 5.87. The van der Waals surface area contributed by atoms with Crippen molar-refractivity contribution in [2.24, 2.45) is 0 Å². The molecule has 0 aliphatic carbocycles. The van der Waals surface area contributed by atoms with Gasteiger partial charge in [-0.2, -0.15) is 0 Å². The molecule has 28 heavy (non-hydrogen) atoms. The number of hydrogen-bond donors (Lipinski definition) is 0. The molecule has 0 bridgehead atoms. The van der Waals surface area contributed by atoms with Gasteiger partial charge < -0.3 is 9.30 Å². The van der Waals surface area contributed by atoms with E-state index in [-0.39, 0.29) is 12.0 Å². The first kappa shape index (κ1) is 17.3. The summed E-state index contributed by atoms with van der Waals surface area (Å²) in [6.07, 6.45) is 6.99. The Morgan fingerprint density at radius 3 is 2.57 bits per heavy atom. The molecule has 4 aromatic rings. The lowest BCUT2D eigenvalue weighted by molar-refractivity contribution is 0.0614. The van der Waals surface area contributed by atoms with E-state index in [1.54, 1.807) is 30.7 Å². The molecule has 6 heteroatoms. The summed E-state index contributed by atoms with van der Waals surface area (Å²) in [6, 6.07) is 12.4. The SMILES string of the molecule is Fc1ccc(-c2c(-c3ccncc3)n(C3CCCO3)c3cc(Cl)cnc23)cc1. The fourth-order valence-electron chi connectivity index (χ4n) is 3.90. The summed E-state index contributed by atoms with van der Waals surface area (Å²) in [5.74, 6) is -0.270. The molecule has 1 unspecified atom stereocenters. The Bertz CT molecular complexity index is 1140. The molecule has 4 heterocycles. The van der Waals surface area contributed by atoms with Crippen LogP contribution in [0.5, 0.6) is 0 Å². The minimum atomic E-state index is -0.270. The maximum Gasteiger partial charge on any atom is 0.134 e. The van der Waals surface area contributed by atoms with Gasteiger partial charge in [0, 0.05) is 36.3 Å². The number of benzene rings is 1. The van der Waals surface area contributed by atoms with Gasteiger partial charge >= 0.3 is 0 Å². The summed E-state index contributed by atoms with van der Waals surface area (Å²) in [7, 11) is 0. The molecular weight excluding hydrogens is 377 g/mol. The molecule has 1 fully saturated rings. The number of halogens is 2. The number of rotatable bonds is 3. The molecule has 0 radical (unpaired) electrons. The second-order valence-electron chi connectivity index (χ2n) is 6.83. The van der Waals surface area contributed by atoms with E-state index in [0.717, 1.165) is 52.9 Å². The van der Waals surface area contributed by atoms with Gasteiger partial charge in [-0.15, -0.1) is 0 Å². The molecular formula is C22H17ClFN3O. The van der Waals surface area contributed by atoms with Crippen molar-refractivity contribution in [3.05, 3.63) is 71.9 Å². The van der Waals surface area contributed by atoms with Gasteiger partial charge in [0.2, 0.25) is 0 Å². The van der Waals surface area contributed by atoms with Gasteiger partial charge in [-0.05, 0) is 48.7 Å². The zero-order valence-electron chi connectivity index (χ0n) is 15.0. The first-order valence-electron chi connectivity index (χ1n) is 9.20. The second kappa shape index (κ2) is 7.00. The Labute approximate surface area is 166 Å². The first-order chi connectivity index (χ1) is 13.7. The van der Waals surface area contributed by atoms with Crippen LogP contribution in [0, 0.1) is 5.82 Å². The van der Waals surface area contributed by atoms with Gasteiger partial charge in [-0.3, -0.25) is 9.97 Å². The molecule has 1 saturated heterocycles. The van der Waals surface area contributed by atoms with Crippen molar-refractivity contribution in [1.82, 2.24) is 14.5 Å². The first-order valence-corrected chi connectivity index (χ1v) is 9.57. The molecule has 1 aliphatic heterocycles. The Morgan fingerprint density at radius 2 is 1.86 bits per heavy atom. The van der Waals surface area contributed by atoms with Crippen LogP contribution in [0.4, 0.5) is 4.39 Å². The lowest BCUT2D eigenvalue weighted by atomic mass is 10.0. The standard InChI is InChI=1S/C22H17ClFN3O/c23-16-12-18-21(26-13-16)20(14-3-5-17(24)6-4-14)22(15-7-9-25-10-8-15)27(18)19-2-1-11-28-19/h3-10,12-13,19H,1-2,11H2. The number of pyridine rings is 2. The van der Waals surface area contributed by atoms with Gasteiger partial charge in [0.1, 0.15) is 12.0 Å². The maximum atomic E-state index is 13.6. The van der Waals surface area contributed by atoms with E-state index >= 15 is 0 Å². The highest BCUT2D eigenvalue weighted by Gasteiger charge is 2.28. The molecule has 0 spiro atoms. The van der Waals surface area contributed by atoms with Crippen LogP contribution in [0.2, 0.25) is 5.02 Å². The minimum absolute atomic E-state index is 0.0971. The average molecular weight is 394 g/mol. The van der Waals surface area contributed by atoms with Crippen molar-refractivity contribution in [1.29, 1.82) is 0 Å². The highest BCUT2D eigenvalue weighted by molar-refractivity contribution is 6.31. The van der Waals surface area contributed by atoms with Crippen molar-refractivity contribution < 1.29 is 9.13 Å². The van der Waals surface area contributed by atoms with Gasteiger partial charge in [-0.25, -0.2) is 4.39 Å². The smallest absolute Gasteiger partial charge is 0.134 e. The fraction of sp³-hybridized carbons (Fsp3) is 0.182. The lowest BCUT2D eigenvalue weighted by Crippen LogP contribution is -2.09. The molecule has 0 N–H and O–H groups in total. The van der Waals surface area contributed by atoms with E-state index in [1.165, 1.54) is 12.1 Å². The second-order valence-corrected chi connectivity index (χ2v) is 7.26. The van der Waals surface area contributed by atoms with Gasteiger partial charge in [0.15, 0.2) is 0 Å². The molecule has 4 nitrogen and oxygen atoms in total. The molecule has 3 aromatic heterocycles. The number of fused-ring (bicyclic) bond motifs is 1. The summed E-state index contributed by atoms with van der Waals surface area (Å²) in [5.41, 5.74) is 5.53. The van der Waals surface area contributed by atoms with Crippen LogP contribution in [0.15, 0.2) is 61.1 Å². The average Bonchev–Trinajstić information content (AvgIpc) is 3.35. The summed E-state index contributed by atoms with van der Waals surface area (Å²) in [6.45, 7) is 0.722. The van der Waals surface area contributed by atoms with E-state index in [4.69, 9.17) is 16.3 Å². The highest BCUT2D eigenvalue weighted by atomic mass is 35.5. The molecule has 1 aromatic carbocycles. The summed E-state index contributed by atoms with van der Waals surface area (Å²) < 4.78 is 21.8. The largest absolute Gasteiger partial charge is 0.358 e. The maximum absolute atomic E-state index is 13.6. The lowest BCUT2D eigenvalue weighted by Gasteiger charge is -2.18. The van der Waals surface area contributed by atoms with E-state index in [0.29, 0.717) is 5.02 Å². The molecule has 140 valence electrons. The zero-order chi connectivity index (χ0) is 19.1. The van der Waals surface area contributed by atoms with Crippen LogP contribution in [-0.2, 0) is 4.74 Å². The van der Waals surface area contributed by atoms with Crippen LogP contribution < -0.4 is 0 Å². The molecule has 1 aliphatic rings. The number of hydrogen-bond acceptors (Lipinski definition) is 3. The van der Waals surface area contributed by atoms with Crippen molar-refractivity contribution in [3.8, 4) is 22.4 Å². The van der Waals surface area contributed by atoms with Crippen molar-refractivity contribution in [2.75, 3.05) is 6.61 Å². The highest BCUT2D eigenvalue weighted by Crippen LogP contribution is 2.44. The topological polar surface area (TPSA) is 39.9 Å². The summed E-state index contributed by atoms with van der Waals surface area (Å²) in [5, 5.41) is 0.566. The number of aromatic nitrogens is 3. The summed E-state index contributed by atoms with van der Waals surface area (Å²) >= 11 is 6.30. The van der Waals surface area contributed by atoms with Crippen LogP contribution in [0.3, 0.4) is 0 Å². The van der Waals surface area contributed by atoms with Crippen molar-refractivity contribution in [3.63, 3.8) is 0 Å². The minimum Gasteiger partial charge on any atom is -0.358 e. The Kier molecular flexibility index (Phi) is 4.34. The van der Waals surface area contributed by atoms with Gasteiger partial charge in [0.25, 0.3) is 0 Å². The van der Waals surface area contributed by atoms with Gasteiger partial charge in [0.05, 0.1) is 21.7 Å². The third-order valence-electron chi connectivity index (χ3n) is 5.09. The van der Waals surface area contributed by atoms with Crippen molar-refractivity contribution in [2.45, 2.75) is 19.1 Å². The predicted molar refractivity (Wildman–Crippen MR) is 108 cm³/mol. The quantitative estimate of drug-likeness (QED) is 0.437. The molecule has 1 atom stereocenters. The normalized spacial score (nSPS) is 16.7. The fourth-order valence-corrected chi connectivity index (χ4v) is 4.06. The Hall–Kier alpha value is -2.76. The van der Waals surface area contributed by atoms with E-state index < -0.39 is 0 Å². The zero-order valence-corrected chi connectivity index (χ0v) is 15.7. The number of ether oxygens (including phenoxy) is 1. The third kappa shape index (κ3) is 2.87. The summed E-state index contributed by atoms with van der Waals surface area (Å²) in [4.78, 5) is 8.79. The molecule has 0 amide bonds. The van der Waals surface area contributed by atoms with E-state index in [2.05, 4.69) is 14.5 Å². The van der Waals surface area contributed by atoms with E-state index in [9.17, 15) is 4.39 Å².